The molecule has 0 N–H and O–H groups in total. The maximum absolute atomic E-state index is 13.4. The van der Waals surface area contributed by atoms with Gasteiger partial charge < -0.3 is 0 Å². The van der Waals surface area contributed by atoms with E-state index < -0.39 is 11.7 Å². The van der Waals surface area contributed by atoms with Crippen LogP contribution in [-0.4, -0.2) is 19.7 Å². The molecule has 0 radical (unpaired) electrons. The fraction of sp³-hybridized carbons (Fsp3) is 0.421. The van der Waals surface area contributed by atoms with Crippen molar-refractivity contribution in [1.29, 1.82) is 0 Å². The molecule has 1 saturated carbocycles. The van der Waals surface area contributed by atoms with E-state index in [0.717, 1.165) is 49.3 Å². The van der Waals surface area contributed by atoms with Crippen LogP contribution in [-0.2, 0) is 12.6 Å². The van der Waals surface area contributed by atoms with Crippen molar-refractivity contribution >= 4 is 11.0 Å². The van der Waals surface area contributed by atoms with Gasteiger partial charge in [0.15, 0.2) is 11.5 Å². The fourth-order valence-corrected chi connectivity index (χ4v) is 3.70. The zero-order valence-corrected chi connectivity index (χ0v) is 14.4. The Balaban J connectivity index is 1.90. The van der Waals surface area contributed by atoms with Crippen molar-refractivity contribution in [2.45, 2.75) is 51.2 Å². The van der Waals surface area contributed by atoms with Crippen LogP contribution < -0.4 is 0 Å². The summed E-state index contributed by atoms with van der Waals surface area (Å²) in [4.78, 5) is 8.76. The summed E-state index contributed by atoms with van der Waals surface area (Å²) in [6.45, 7) is 2.01. The maximum atomic E-state index is 13.4. The lowest BCUT2D eigenvalue weighted by molar-refractivity contribution is -0.137. The number of benzene rings is 1. The summed E-state index contributed by atoms with van der Waals surface area (Å²) in [7, 11) is 0. The normalized spacial score (nSPS) is 15.8. The molecule has 2 heterocycles. The van der Waals surface area contributed by atoms with E-state index in [1.807, 2.05) is 11.6 Å². The minimum Gasteiger partial charge on any atom is -0.244 e. The minimum absolute atomic E-state index is 0.000814. The van der Waals surface area contributed by atoms with Gasteiger partial charge in [-0.25, -0.2) is 14.6 Å². The first-order valence-electron chi connectivity index (χ1n) is 8.89. The van der Waals surface area contributed by atoms with Gasteiger partial charge in [-0.3, -0.25) is 0 Å². The second kappa shape index (κ2) is 6.37. The molecule has 0 bridgehead atoms. The topological polar surface area (TPSA) is 43.6 Å². The maximum Gasteiger partial charge on any atom is 0.417 e. The van der Waals surface area contributed by atoms with Crippen LogP contribution in [0.3, 0.4) is 0 Å². The summed E-state index contributed by atoms with van der Waals surface area (Å²) in [6.07, 6.45) is 2.23. The number of rotatable bonds is 3. The van der Waals surface area contributed by atoms with Crippen molar-refractivity contribution in [3.05, 3.63) is 41.7 Å². The first-order valence-corrected chi connectivity index (χ1v) is 8.89. The van der Waals surface area contributed by atoms with Crippen LogP contribution in [0.1, 0.15) is 49.9 Å². The van der Waals surface area contributed by atoms with Crippen molar-refractivity contribution in [2.24, 2.45) is 0 Å². The third-order valence-corrected chi connectivity index (χ3v) is 5.00. The summed E-state index contributed by atoms with van der Waals surface area (Å²) >= 11 is 0. The van der Waals surface area contributed by atoms with Crippen LogP contribution in [0.5, 0.6) is 0 Å². The highest BCUT2D eigenvalue weighted by molar-refractivity contribution is 5.80. The molecule has 136 valence electrons. The van der Waals surface area contributed by atoms with Gasteiger partial charge in [0.25, 0.3) is 0 Å². The van der Waals surface area contributed by atoms with E-state index in [-0.39, 0.29) is 17.4 Å². The lowest BCUT2D eigenvalue weighted by Gasteiger charge is -2.13. The Kier molecular flexibility index (Phi) is 4.17. The first kappa shape index (κ1) is 17.0. The molecular weight excluding hydrogens is 341 g/mol. The average molecular weight is 360 g/mol. The fourth-order valence-electron chi connectivity index (χ4n) is 3.70. The summed E-state index contributed by atoms with van der Waals surface area (Å²) in [6, 6.07) is 5.70. The highest BCUT2D eigenvalue weighted by Gasteiger charge is 2.34. The Labute approximate surface area is 149 Å². The molecule has 1 aromatic carbocycles. The van der Waals surface area contributed by atoms with Gasteiger partial charge in [0.1, 0.15) is 0 Å². The molecule has 0 aliphatic heterocycles. The Hall–Kier alpha value is -2.44. The third kappa shape index (κ3) is 2.85. The van der Waals surface area contributed by atoms with E-state index in [2.05, 4.69) is 15.1 Å². The number of aryl methyl sites for hydroxylation is 1. The summed E-state index contributed by atoms with van der Waals surface area (Å²) in [5, 5.41) is 5.51. The molecular formula is C19H19F3N4. The van der Waals surface area contributed by atoms with E-state index in [1.165, 1.54) is 12.1 Å². The number of aromatic nitrogens is 4. The number of hydrogen-bond acceptors (Lipinski definition) is 3. The SMILES string of the molecule is CCc1nn(C2CCCC2)c2nc(-c3ccccc3C(F)(F)F)ncc12. The second-order valence-electron chi connectivity index (χ2n) is 6.66. The molecule has 0 amide bonds. The predicted molar refractivity (Wildman–Crippen MR) is 92.6 cm³/mol. The molecule has 0 saturated heterocycles. The van der Waals surface area contributed by atoms with E-state index in [0.29, 0.717) is 5.65 Å². The molecule has 1 aliphatic carbocycles. The van der Waals surface area contributed by atoms with Gasteiger partial charge in [-0.15, -0.1) is 0 Å². The molecule has 1 aliphatic rings. The highest BCUT2D eigenvalue weighted by atomic mass is 19.4. The van der Waals surface area contributed by atoms with Gasteiger partial charge >= 0.3 is 6.18 Å². The van der Waals surface area contributed by atoms with Crippen LogP contribution in [0.4, 0.5) is 13.2 Å². The monoisotopic (exact) mass is 360 g/mol. The van der Waals surface area contributed by atoms with E-state index in [4.69, 9.17) is 0 Å². The molecule has 0 spiro atoms. The predicted octanol–water partition coefficient (Wildman–Crippen LogP) is 5.19. The molecule has 1 fully saturated rings. The molecule has 4 nitrogen and oxygen atoms in total. The quantitative estimate of drug-likeness (QED) is 0.646. The number of fused-ring (bicyclic) bond motifs is 1. The molecule has 26 heavy (non-hydrogen) atoms. The lowest BCUT2D eigenvalue weighted by atomic mass is 10.1. The van der Waals surface area contributed by atoms with Gasteiger partial charge in [-0.05, 0) is 25.3 Å². The average Bonchev–Trinajstić information content (AvgIpc) is 3.27. The van der Waals surface area contributed by atoms with Crippen LogP contribution in [0.25, 0.3) is 22.4 Å². The standard InChI is InChI=1S/C19H19F3N4/c1-2-16-14-11-23-17(13-9-5-6-10-15(13)19(20,21)22)24-18(14)26(25-16)12-7-3-4-8-12/h5-6,9-12H,2-4,7-8H2,1H3. The van der Waals surface area contributed by atoms with Gasteiger partial charge in [0.2, 0.25) is 0 Å². The molecule has 2 aromatic heterocycles. The number of halogens is 3. The number of nitrogens with zero attached hydrogens (tertiary/aromatic N) is 4. The van der Waals surface area contributed by atoms with E-state index in [9.17, 15) is 13.2 Å². The second-order valence-corrected chi connectivity index (χ2v) is 6.66. The molecule has 7 heteroatoms. The Bertz CT molecular complexity index is 940. The van der Waals surface area contributed by atoms with Crippen LogP contribution in [0, 0.1) is 0 Å². The van der Waals surface area contributed by atoms with Crippen molar-refractivity contribution in [3.8, 4) is 11.4 Å². The largest absolute Gasteiger partial charge is 0.417 e. The van der Waals surface area contributed by atoms with Crippen LogP contribution in [0.15, 0.2) is 30.5 Å². The first-order chi connectivity index (χ1) is 12.5. The smallest absolute Gasteiger partial charge is 0.244 e. The van der Waals surface area contributed by atoms with Gasteiger partial charge in [-0.2, -0.15) is 18.3 Å². The Morgan fingerprint density at radius 3 is 2.58 bits per heavy atom. The van der Waals surface area contributed by atoms with Gasteiger partial charge in [0, 0.05) is 11.8 Å². The van der Waals surface area contributed by atoms with Crippen molar-refractivity contribution < 1.29 is 13.2 Å². The third-order valence-electron chi connectivity index (χ3n) is 5.00. The van der Waals surface area contributed by atoms with Crippen molar-refractivity contribution in [3.63, 3.8) is 0 Å². The van der Waals surface area contributed by atoms with Crippen LogP contribution >= 0.6 is 0 Å². The van der Waals surface area contributed by atoms with Crippen molar-refractivity contribution in [1.82, 2.24) is 19.7 Å². The minimum atomic E-state index is -4.45. The van der Waals surface area contributed by atoms with Crippen molar-refractivity contribution in [2.75, 3.05) is 0 Å². The summed E-state index contributed by atoms with van der Waals surface area (Å²) in [5.41, 5.74) is 0.805. The molecule has 3 aromatic rings. The van der Waals surface area contributed by atoms with Gasteiger partial charge in [-0.1, -0.05) is 38.0 Å². The van der Waals surface area contributed by atoms with Crippen LogP contribution in [0.2, 0.25) is 0 Å². The summed E-state index contributed by atoms with van der Waals surface area (Å²) < 4.78 is 42.0. The lowest BCUT2D eigenvalue weighted by Crippen LogP contribution is -2.10. The van der Waals surface area contributed by atoms with E-state index in [1.54, 1.807) is 12.3 Å². The zero-order valence-electron chi connectivity index (χ0n) is 14.4. The molecule has 0 unspecified atom stereocenters. The Morgan fingerprint density at radius 1 is 1.15 bits per heavy atom. The van der Waals surface area contributed by atoms with E-state index >= 15 is 0 Å². The highest BCUT2D eigenvalue weighted by Crippen LogP contribution is 2.37. The number of alkyl halides is 3. The number of hydrogen-bond donors (Lipinski definition) is 0. The Morgan fingerprint density at radius 2 is 1.88 bits per heavy atom. The summed E-state index contributed by atoms with van der Waals surface area (Å²) in [5.74, 6) is 0.0900. The zero-order chi connectivity index (χ0) is 18.3. The molecule has 0 atom stereocenters. The molecule has 4 rings (SSSR count). The van der Waals surface area contributed by atoms with Gasteiger partial charge in [0.05, 0.1) is 22.7 Å².